The summed E-state index contributed by atoms with van der Waals surface area (Å²) < 4.78 is 5.01. The molecule has 0 aliphatic carbocycles. The van der Waals surface area contributed by atoms with Gasteiger partial charge in [-0.15, -0.1) is 0 Å². The van der Waals surface area contributed by atoms with Gasteiger partial charge in [-0.2, -0.15) is 0 Å². The van der Waals surface area contributed by atoms with Crippen LogP contribution in [0.2, 0.25) is 0 Å². The van der Waals surface area contributed by atoms with E-state index in [1.807, 2.05) is 30.3 Å². The van der Waals surface area contributed by atoms with Gasteiger partial charge in [-0.3, -0.25) is 29.5 Å². The van der Waals surface area contributed by atoms with Crippen molar-refractivity contribution in [2.45, 2.75) is 6.04 Å². The van der Waals surface area contributed by atoms with Crippen molar-refractivity contribution in [3.63, 3.8) is 0 Å². The molecule has 0 saturated carbocycles. The largest absolute Gasteiger partial charge is 0.480 e. The zero-order valence-electron chi connectivity index (χ0n) is 16.8. The number of aromatic amines is 4. The fraction of sp³-hybridized carbons (Fsp3) is 0.105. The Hall–Kier alpha value is -3.33. The van der Waals surface area contributed by atoms with Gasteiger partial charge in [-0.1, -0.05) is 12.1 Å². The number of nitrogens with zero attached hydrogens (tertiary/aromatic N) is 2. The molecule has 33 heavy (non-hydrogen) atoms. The molecule has 2 aromatic carbocycles. The van der Waals surface area contributed by atoms with Gasteiger partial charge in [0.1, 0.15) is 6.04 Å². The van der Waals surface area contributed by atoms with Crippen LogP contribution in [-0.2, 0) is 4.79 Å². The molecular weight excluding hydrogens is 501 g/mol. The molecule has 0 amide bonds. The molecule has 2 heterocycles. The highest BCUT2D eigenvalue weighted by Gasteiger charge is 2.17. The van der Waals surface area contributed by atoms with E-state index in [4.69, 9.17) is 48.9 Å². The molecule has 10 nitrogen and oxygen atoms in total. The lowest BCUT2D eigenvalue weighted by Crippen LogP contribution is -2.36. The molecule has 0 fully saturated rings. The van der Waals surface area contributed by atoms with Crippen LogP contribution in [0.1, 0.15) is 0 Å². The fourth-order valence-electron chi connectivity index (χ4n) is 3.20. The minimum atomic E-state index is -1.00. The zero-order chi connectivity index (χ0) is 23.5. The third kappa shape index (κ3) is 5.03. The predicted molar refractivity (Wildman–Crippen MR) is 136 cm³/mol. The number of carboxylic acid groups (broad SMARTS) is 1. The van der Waals surface area contributed by atoms with Crippen molar-refractivity contribution in [1.29, 1.82) is 0 Å². The lowest BCUT2D eigenvalue weighted by atomic mass is 10.2. The van der Waals surface area contributed by atoms with Gasteiger partial charge in [0.15, 0.2) is 19.1 Å². The van der Waals surface area contributed by atoms with E-state index in [1.54, 1.807) is 27.3 Å². The Morgan fingerprint density at radius 3 is 1.76 bits per heavy atom. The number of aromatic nitrogens is 6. The second-order valence-corrected chi connectivity index (χ2v) is 8.45. The molecule has 0 bridgehead atoms. The highest BCUT2D eigenvalue weighted by Crippen LogP contribution is 2.18. The van der Waals surface area contributed by atoms with E-state index in [0.717, 1.165) is 11.4 Å². The smallest absolute Gasteiger partial charge is 0.327 e. The monoisotopic (exact) mass is 518 g/mol. The van der Waals surface area contributed by atoms with Crippen LogP contribution in [0.3, 0.4) is 0 Å². The summed E-state index contributed by atoms with van der Waals surface area (Å²) >= 11 is 21.0. The summed E-state index contributed by atoms with van der Waals surface area (Å²) in [6.07, 6.45) is 0. The standard InChI is InChI=1S/C19H18N8O2S4/c28-15(29)14(21-11-4-2-6-13(8-11)27-18(32)24-25-19(27)33)9-20-10-3-1-5-12(7-10)26-16(30)22-23-17(26)31/h1-8,14,20-21H,9H2,(H,22,30)(H,23,31)(H,24,32)(H,25,33)(H,28,29). The van der Waals surface area contributed by atoms with Crippen LogP contribution in [0.5, 0.6) is 0 Å². The Kier molecular flexibility index (Phi) is 6.69. The average Bonchev–Trinajstić information content (AvgIpc) is 3.31. The average molecular weight is 519 g/mol. The quantitative estimate of drug-likeness (QED) is 0.170. The number of H-pyrrole nitrogens is 4. The molecule has 0 aliphatic heterocycles. The van der Waals surface area contributed by atoms with E-state index in [9.17, 15) is 9.90 Å². The summed E-state index contributed by atoms with van der Waals surface area (Å²) in [4.78, 5) is 11.9. The molecule has 0 aliphatic rings. The Labute approximate surface area is 207 Å². The molecule has 0 radical (unpaired) electrons. The second-order valence-electron chi connectivity index (χ2n) is 6.91. The van der Waals surface area contributed by atoms with Gasteiger partial charge in [0.05, 0.1) is 11.4 Å². The summed E-state index contributed by atoms with van der Waals surface area (Å²) in [5.41, 5.74) is 2.78. The Morgan fingerprint density at radius 1 is 0.818 bits per heavy atom. The van der Waals surface area contributed by atoms with Gasteiger partial charge >= 0.3 is 5.97 Å². The second kappa shape index (κ2) is 9.66. The summed E-state index contributed by atoms with van der Waals surface area (Å²) in [6.45, 7) is 0.123. The first-order chi connectivity index (χ1) is 15.8. The van der Waals surface area contributed by atoms with Gasteiger partial charge in [0.25, 0.3) is 0 Å². The van der Waals surface area contributed by atoms with Gasteiger partial charge in [0.2, 0.25) is 0 Å². The highest BCUT2D eigenvalue weighted by atomic mass is 32.1. The van der Waals surface area contributed by atoms with Crippen LogP contribution in [-0.4, -0.2) is 53.2 Å². The number of hydrogen-bond donors (Lipinski definition) is 7. The van der Waals surface area contributed by atoms with Gasteiger partial charge in [-0.05, 0) is 85.3 Å². The first kappa shape index (κ1) is 22.8. The van der Waals surface area contributed by atoms with E-state index in [2.05, 4.69) is 31.0 Å². The molecule has 14 heteroatoms. The van der Waals surface area contributed by atoms with Crippen molar-refractivity contribution in [2.75, 3.05) is 17.2 Å². The number of carbonyl (C=O) groups is 1. The number of anilines is 2. The lowest BCUT2D eigenvalue weighted by molar-refractivity contribution is -0.137. The lowest BCUT2D eigenvalue weighted by Gasteiger charge is -2.18. The maximum atomic E-state index is 11.9. The van der Waals surface area contributed by atoms with Gasteiger partial charge in [-0.25, -0.2) is 4.79 Å². The van der Waals surface area contributed by atoms with Gasteiger partial charge < -0.3 is 15.7 Å². The SMILES string of the molecule is O=C(O)C(CNc1cccc(-n2c(=S)[nH][nH]c2=S)c1)Nc1cccc(-n2c(=S)[nH][nH]c2=S)c1. The number of aliphatic carboxylic acids is 1. The molecular formula is C19H18N8O2S4. The van der Waals surface area contributed by atoms with E-state index in [-0.39, 0.29) is 6.54 Å². The van der Waals surface area contributed by atoms with Crippen LogP contribution in [0.25, 0.3) is 11.4 Å². The topological polar surface area (TPSA) is 134 Å². The van der Waals surface area contributed by atoms with Crippen LogP contribution >= 0.6 is 48.9 Å². The van der Waals surface area contributed by atoms with E-state index >= 15 is 0 Å². The zero-order valence-corrected chi connectivity index (χ0v) is 20.1. The minimum Gasteiger partial charge on any atom is -0.480 e. The predicted octanol–water partition coefficient (Wildman–Crippen LogP) is 4.48. The third-order valence-corrected chi connectivity index (χ3v) is 5.86. The third-order valence-electron chi connectivity index (χ3n) is 4.72. The summed E-state index contributed by atoms with van der Waals surface area (Å²) in [6, 6.07) is 13.6. The van der Waals surface area contributed by atoms with Crippen LogP contribution < -0.4 is 10.6 Å². The molecule has 4 rings (SSSR count). The maximum Gasteiger partial charge on any atom is 0.327 e. The minimum absolute atomic E-state index is 0.123. The molecule has 0 spiro atoms. The van der Waals surface area contributed by atoms with Crippen LogP contribution in [0.4, 0.5) is 11.4 Å². The number of nitrogens with one attached hydrogen (secondary N) is 6. The number of hydrogen-bond acceptors (Lipinski definition) is 7. The van der Waals surface area contributed by atoms with Crippen molar-refractivity contribution in [3.8, 4) is 11.4 Å². The summed E-state index contributed by atoms with van der Waals surface area (Å²) in [5.74, 6) is -1.00. The first-order valence-corrected chi connectivity index (χ1v) is 11.2. The maximum absolute atomic E-state index is 11.9. The summed E-state index contributed by atoms with van der Waals surface area (Å²) in [7, 11) is 0. The van der Waals surface area contributed by atoms with Crippen molar-refractivity contribution >= 4 is 66.2 Å². The Balaban J connectivity index is 1.52. The van der Waals surface area contributed by atoms with Crippen molar-refractivity contribution in [1.82, 2.24) is 29.5 Å². The molecule has 7 N–H and O–H groups in total. The highest BCUT2D eigenvalue weighted by molar-refractivity contribution is 7.72. The molecule has 2 aromatic heterocycles. The normalized spacial score (nSPS) is 11.8. The Morgan fingerprint density at radius 2 is 1.27 bits per heavy atom. The van der Waals surface area contributed by atoms with Crippen LogP contribution in [0.15, 0.2) is 48.5 Å². The Bertz CT molecular complexity index is 1480. The first-order valence-electron chi connectivity index (χ1n) is 9.57. The van der Waals surface area contributed by atoms with Crippen LogP contribution in [0, 0.1) is 19.1 Å². The van der Waals surface area contributed by atoms with E-state index in [0.29, 0.717) is 30.5 Å². The molecule has 4 aromatic rings. The van der Waals surface area contributed by atoms with E-state index < -0.39 is 12.0 Å². The van der Waals surface area contributed by atoms with Crippen molar-refractivity contribution in [3.05, 3.63) is 67.6 Å². The fourth-order valence-corrected chi connectivity index (χ4v) is 4.31. The number of rotatable bonds is 8. The number of carboxylic acids is 1. The number of benzene rings is 2. The van der Waals surface area contributed by atoms with E-state index in [1.165, 1.54) is 0 Å². The molecule has 1 unspecified atom stereocenters. The molecule has 170 valence electrons. The van der Waals surface area contributed by atoms with Gasteiger partial charge in [0, 0.05) is 17.9 Å². The van der Waals surface area contributed by atoms with Crippen molar-refractivity contribution < 1.29 is 9.90 Å². The molecule has 0 saturated heterocycles. The van der Waals surface area contributed by atoms with Crippen molar-refractivity contribution in [2.24, 2.45) is 0 Å². The summed E-state index contributed by atoms with van der Waals surface area (Å²) in [5, 5.41) is 27.1. The molecule has 1 atom stereocenters.